The summed E-state index contributed by atoms with van der Waals surface area (Å²) in [5, 5.41) is 0. The van der Waals surface area contributed by atoms with Gasteiger partial charge in [-0.15, -0.1) is 0 Å². The Kier molecular flexibility index (Phi) is 13.0. The maximum Gasteiger partial charge on any atom is -0.00794 e. The summed E-state index contributed by atoms with van der Waals surface area (Å²) in [5.41, 5.74) is 0. The molecule has 7 heavy (non-hydrogen) atoms. The molecule has 42 valence electrons. The largest absolute Gasteiger partial charge is 0.226 e. The summed E-state index contributed by atoms with van der Waals surface area (Å²) in [6, 6.07) is 0. The van der Waals surface area contributed by atoms with Crippen LogP contribution in [0.2, 0.25) is 0 Å². The summed E-state index contributed by atoms with van der Waals surface area (Å²) in [6.45, 7) is 0. The van der Waals surface area contributed by atoms with Crippen LogP contribution in [-0.4, -0.2) is 27.7 Å². The summed E-state index contributed by atoms with van der Waals surface area (Å²) >= 11 is 0. The molecule has 0 aromatic heterocycles. The van der Waals surface area contributed by atoms with E-state index in [2.05, 4.69) is 23.5 Å². The average molecular weight is 136 g/mol. The van der Waals surface area contributed by atoms with Crippen molar-refractivity contribution < 1.29 is 4.21 Å². The standard InChI is InChI=1S/C2H4OS.C2H4S/c1-4(2)3;1-3-2/h1-2H2;1-2H2. The molecular formula is C4H8OS2. The summed E-state index contributed by atoms with van der Waals surface area (Å²) < 4.78 is 9.33. The van der Waals surface area contributed by atoms with Crippen LogP contribution in [0.25, 0.3) is 0 Å². The van der Waals surface area contributed by atoms with E-state index in [0.29, 0.717) is 0 Å². The third-order valence-electron chi connectivity index (χ3n) is 0. The third kappa shape index (κ3) is 1010. The van der Waals surface area contributed by atoms with Crippen molar-refractivity contribution in [2.45, 2.75) is 0 Å². The zero-order chi connectivity index (χ0) is 6.28. The minimum absolute atomic E-state index is 1.11. The molecule has 0 unspecified atom stereocenters. The Hall–Kier alpha value is -0.280. The maximum atomic E-state index is 9.33. The Balaban J connectivity index is 0. The summed E-state index contributed by atoms with van der Waals surface area (Å²) in [7, 11) is 0.139. The van der Waals surface area contributed by atoms with Gasteiger partial charge in [-0.3, -0.25) is 0 Å². The first kappa shape index (κ1) is 9.87. The maximum absolute atomic E-state index is 9.33. The molecule has 0 spiro atoms. The van der Waals surface area contributed by atoms with Gasteiger partial charge in [0.2, 0.25) is 0 Å². The van der Waals surface area contributed by atoms with Gasteiger partial charge in [-0.25, -0.2) is 4.21 Å². The van der Waals surface area contributed by atoms with Gasteiger partial charge >= 0.3 is 0 Å². The molecule has 0 aliphatic heterocycles. The molecule has 0 rings (SSSR count). The molecule has 0 aromatic carbocycles. The second-order valence-electron chi connectivity index (χ2n) is 0.644. The summed E-state index contributed by atoms with van der Waals surface area (Å²) in [5.74, 6) is 12.6. The Bertz CT molecular complexity index is 136. The van der Waals surface area contributed by atoms with Gasteiger partial charge in [0.25, 0.3) is 0 Å². The molecule has 1 nitrogen and oxygen atoms in total. The van der Waals surface area contributed by atoms with Crippen LogP contribution in [0.5, 0.6) is 0 Å². The van der Waals surface area contributed by atoms with Crippen molar-refractivity contribution in [2.24, 2.45) is 0 Å². The van der Waals surface area contributed by atoms with Gasteiger partial charge in [-0.2, -0.15) is 10.9 Å². The van der Waals surface area contributed by atoms with E-state index in [1.54, 1.807) is 0 Å². The van der Waals surface area contributed by atoms with Crippen LogP contribution in [0.1, 0.15) is 0 Å². The van der Waals surface area contributed by atoms with E-state index in [0.717, 1.165) is 0 Å². The highest BCUT2D eigenvalue weighted by Gasteiger charge is 1.18. The Morgan fingerprint density at radius 2 is 1.29 bits per heavy atom. The van der Waals surface area contributed by atoms with Gasteiger partial charge in [0.05, 0.1) is 0 Å². The molecule has 0 aromatic rings. The van der Waals surface area contributed by atoms with Crippen molar-refractivity contribution in [3.05, 3.63) is 0 Å². The Morgan fingerprint density at radius 1 is 1.29 bits per heavy atom. The zero-order valence-electron chi connectivity index (χ0n) is 4.05. The van der Waals surface area contributed by atoms with Gasteiger partial charge < -0.3 is 0 Å². The van der Waals surface area contributed by atoms with E-state index in [9.17, 15) is 4.21 Å². The fourth-order valence-electron chi connectivity index (χ4n) is 0. The monoisotopic (exact) mass is 136 g/mol. The van der Waals surface area contributed by atoms with E-state index in [1.807, 2.05) is 0 Å². The topological polar surface area (TPSA) is 17.1 Å². The van der Waals surface area contributed by atoms with Gasteiger partial charge in [0.1, 0.15) is 0 Å². The van der Waals surface area contributed by atoms with Crippen molar-refractivity contribution >= 4 is 44.4 Å². The number of hydrogen-bond donors (Lipinski definition) is 0. The van der Waals surface area contributed by atoms with Crippen LogP contribution in [0.4, 0.5) is 0 Å². The molecule has 0 aliphatic rings. The van der Waals surface area contributed by atoms with Crippen LogP contribution < -0.4 is 0 Å². The molecule has 0 aliphatic carbocycles. The Labute approximate surface area is 49.2 Å². The lowest BCUT2D eigenvalue weighted by molar-refractivity contribution is 0.700. The lowest BCUT2D eigenvalue weighted by atomic mass is 12.0. The molecule has 0 amide bonds. The molecule has 0 saturated carbocycles. The van der Waals surface area contributed by atoms with Crippen LogP contribution >= 0.6 is 10.9 Å². The molecule has 0 bridgehead atoms. The highest BCUT2D eigenvalue weighted by molar-refractivity contribution is 7.93. The fraction of sp³-hybridized carbons (Fsp3) is 0. The molecule has 0 fully saturated rings. The fourth-order valence-corrected chi connectivity index (χ4v) is 0. The second-order valence-corrected chi connectivity index (χ2v) is 1.93. The molecule has 0 atom stereocenters. The van der Waals surface area contributed by atoms with E-state index in [-0.39, 0.29) is 0 Å². The first-order chi connectivity index (χ1) is 3.15. The van der Waals surface area contributed by atoms with Gasteiger partial charge in [0.15, 0.2) is 0 Å². The van der Waals surface area contributed by atoms with Crippen molar-refractivity contribution in [1.82, 2.24) is 0 Å². The van der Waals surface area contributed by atoms with E-state index >= 15 is 0 Å². The molecule has 0 heterocycles. The zero-order valence-corrected chi connectivity index (χ0v) is 5.69. The normalized spacial score (nSPS) is 5.14. The van der Waals surface area contributed by atoms with E-state index in [1.165, 1.54) is 10.9 Å². The van der Waals surface area contributed by atoms with Crippen LogP contribution in [0, 0.1) is 0 Å². The lowest BCUT2D eigenvalue weighted by Crippen LogP contribution is -1.38. The Morgan fingerprint density at radius 3 is 1.29 bits per heavy atom. The predicted octanol–water partition coefficient (Wildman–Crippen LogP) is 0.183. The predicted molar refractivity (Wildman–Crippen MR) is 44.2 cm³/mol. The smallest absolute Gasteiger partial charge is 0.00794 e. The number of hydrogen-bond acceptors (Lipinski definition) is 1. The molecule has 3 heteroatoms. The van der Waals surface area contributed by atoms with Crippen molar-refractivity contribution in [2.75, 3.05) is 0 Å². The van der Waals surface area contributed by atoms with Crippen molar-refractivity contribution in [1.29, 1.82) is 0 Å². The molecule has 0 N–H and O–H groups in total. The van der Waals surface area contributed by atoms with Crippen molar-refractivity contribution in [3.8, 4) is 0 Å². The highest BCUT2D eigenvalue weighted by atomic mass is 32.1. The minimum Gasteiger partial charge on any atom is -0.226 e. The second kappa shape index (κ2) is 9.21. The first-order valence-electron chi connectivity index (χ1n) is 1.32. The molecular weight excluding hydrogens is 128 g/mol. The van der Waals surface area contributed by atoms with Crippen LogP contribution in [0.3, 0.4) is 0 Å². The summed E-state index contributed by atoms with van der Waals surface area (Å²) in [4.78, 5) is 0. The summed E-state index contributed by atoms with van der Waals surface area (Å²) in [6.07, 6.45) is 0. The van der Waals surface area contributed by atoms with E-state index < -0.39 is 9.98 Å². The van der Waals surface area contributed by atoms with Crippen LogP contribution in [0.15, 0.2) is 0 Å². The van der Waals surface area contributed by atoms with Gasteiger partial charge in [-0.05, 0) is 33.5 Å². The third-order valence-corrected chi connectivity index (χ3v) is 0. The quantitative estimate of drug-likeness (QED) is 0.434. The SMILES string of the molecule is C=S(=C)=O.C=S=C. The first-order valence-corrected chi connectivity index (χ1v) is 3.96. The highest BCUT2D eigenvalue weighted by Crippen LogP contribution is 1.29. The number of rotatable bonds is 0. The lowest BCUT2D eigenvalue weighted by Gasteiger charge is -1.28. The van der Waals surface area contributed by atoms with E-state index in [4.69, 9.17) is 0 Å². The molecule has 0 saturated heterocycles. The van der Waals surface area contributed by atoms with Crippen LogP contribution in [-0.2, 0) is 9.98 Å². The van der Waals surface area contributed by atoms with Gasteiger partial charge in [0, 0.05) is 0 Å². The van der Waals surface area contributed by atoms with Crippen molar-refractivity contribution in [3.63, 3.8) is 0 Å². The average Bonchev–Trinajstić information content (AvgIpc) is 1.33. The molecule has 0 radical (unpaired) electrons. The minimum atomic E-state index is -1.11. The van der Waals surface area contributed by atoms with Gasteiger partial charge in [-0.1, -0.05) is 0 Å².